The first-order valence-corrected chi connectivity index (χ1v) is 6.09. The predicted molar refractivity (Wildman–Crippen MR) is 69.0 cm³/mol. The molecule has 1 aromatic heterocycles. The lowest BCUT2D eigenvalue weighted by molar-refractivity contribution is -0.142. The second-order valence-electron chi connectivity index (χ2n) is 4.58. The van der Waals surface area contributed by atoms with E-state index < -0.39 is 12.0 Å². The zero-order chi connectivity index (χ0) is 13.8. The Morgan fingerprint density at radius 3 is 3.00 bits per heavy atom. The number of nitrogens with zero attached hydrogens (tertiary/aromatic N) is 4. The van der Waals surface area contributed by atoms with Gasteiger partial charge in [-0.2, -0.15) is 0 Å². The van der Waals surface area contributed by atoms with Crippen LogP contribution in [-0.2, 0) is 16.1 Å². The van der Waals surface area contributed by atoms with Crippen molar-refractivity contribution in [1.82, 2.24) is 14.9 Å². The van der Waals surface area contributed by atoms with Crippen LogP contribution in [0.4, 0.5) is 5.82 Å². The molecule has 7 nitrogen and oxygen atoms in total. The summed E-state index contributed by atoms with van der Waals surface area (Å²) in [6.45, 7) is 2.30. The average molecular weight is 266 g/mol. The van der Waals surface area contributed by atoms with E-state index in [0.717, 1.165) is 18.1 Å². The van der Waals surface area contributed by atoms with Gasteiger partial charge in [0.05, 0.1) is 12.3 Å². The summed E-state index contributed by atoms with van der Waals surface area (Å²) in [4.78, 5) is 23.3. The highest BCUT2D eigenvalue weighted by molar-refractivity contribution is 5.74. The summed E-state index contributed by atoms with van der Waals surface area (Å²) < 4.78 is 5.04. The molecule has 2 heterocycles. The molecule has 1 aromatic rings. The number of carbonyl (C=O) groups is 1. The maximum Gasteiger partial charge on any atom is 0.322 e. The number of hydrogen-bond donors (Lipinski definition) is 1. The van der Waals surface area contributed by atoms with Crippen molar-refractivity contribution in [3.63, 3.8) is 0 Å². The molecular formula is C12H18N4O3. The van der Waals surface area contributed by atoms with Gasteiger partial charge in [-0.25, -0.2) is 9.97 Å². The first-order valence-electron chi connectivity index (χ1n) is 6.09. The lowest BCUT2D eigenvalue weighted by Gasteiger charge is -2.37. The summed E-state index contributed by atoms with van der Waals surface area (Å²) in [6, 6.07) is 1.34. The number of methoxy groups -OCH3 is 1. The normalized spacial score (nSPS) is 20.5. The van der Waals surface area contributed by atoms with Crippen molar-refractivity contribution in [2.24, 2.45) is 0 Å². The van der Waals surface area contributed by atoms with E-state index in [1.165, 1.54) is 6.33 Å². The fourth-order valence-corrected chi connectivity index (χ4v) is 2.13. The molecule has 0 amide bonds. The van der Waals surface area contributed by atoms with Gasteiger partial charge in [0.1, 0.15) is 18.2 Å². The number of aromatic nitrogens is 2. The summed E-state index contributed by atoms with van der Waals surface area (Å²) in [5, 5.41) is 9.19. The van der Waals surface area contributed by atoms with Crippen LogP contribution in [0.1, 0.15) is 5.69 Å². The van der Waals surface area contributed by atoms with E-state index in [-0.39, 0.29) is 0 Å². The molecular weight excluding hydrogens is 248 g/mol. The Balaban J connectivity index is 2.13. The van der Waals surface area contributed by atoms with Crippen molar-refractivity contribution in [3.05, 3.63) is 18.1 Å². The number of ether oxygens (including phenoxy) is 1. The fraction of sp³-hybridized carbons (Fsp3) is 0.583. The zero-order valence-electron chi connectivity index (χ0n) is 11.1. The van der Waals surface area contributed by atoms with Gasteiger partial charge >= 0.3 is 5.97 Å². The fourth-order valence-electron chi connectivity index (χ4n) is 2.13. The van der Waals surface area contributed by atoms with Crippen molar-refractivity contribution in [1.29, 1.82) is 0 Å². The minimum Gasteiger partial charge on any atom is -0.480 e. The Hall–Kier alpha value is -1.73. The van der Waals surface area contributed by atoms with Crippen molar-refractivity contribution in [2.45, 2.75) is 12.6 Å². The van der Waals surface area contributed by atoms with E-state index >= 15 is 0 Å². The maximum absolute atomic E-state index is 11.2. The van der Waals surface area contributed by atoms with Crippen LogP contribution in [0.3, 0.4) is 0 Å². The largest absolute Gasteiger partial charge is 0.480 e. The minimum atomic E-state index is -0.807. The monoisotopic (exact) mass is 266 g/mol. The van der Waals surface area contributed by atoms with Gasteiger partial charge in [-0.1, -0.05) is 0 Å². The molecule has 1 N–H and O–H groups in total. The Labute approximate surface area is 111 Å². The summed E-state index contributed by atoms with van der Waals surface area (Å²) in [5.41, 5.74) is 0.790. The molecule has 0 spiro atoms. The number of anilines is 1. The predicted octanol–water partition coefficient (Wildman–Crippen LogP) is -0.172. The van der Waals surface area contributed by atoms with E-state index in [1.54, 1.807) is 7.11 Å². The first kappa shape index (κ1) is 13.7. The molecule has 1 aliphatic rings. The Kier molecular flexibility index (Phi) is 4.28. The summed E-state index contributed by atoms with van der Waals surface area (Å²) in [5.74, 6) is -0.0558. The van der Waals surface area contributed by atoms with Crippen LogP contribution >= 0.6 is 0 Å². The second-order valence-corrected chi connectivity index (χ2v) is 4.58. The highest BCUT2D eigenvalue weighted by atomic mass is 16.5. The van der Waals surface area contributed by atoms with Gasteiger partial charge < -0.3 is 14.7 Å². The van der Waals surface area contributed by atoms with Crippen LogP contribution in [0, 0.1) is 0 Å². The molecule has 19 heavy (non-hydrogen) atoms. The zero-order valence-corrected chi connectivity index (χ0v) is 11.1. The van der Waals surface area contributed by atoms with Gasteiger partial charge in [0.2, 0.25) is 0 Å². The number of carboxylic acids is 1. The Morgan fingerprint density at radius 1 is 1.53 bits per heavy atom. The number of rotatable bonds is 4. The molecule has 0 bridgehead atoms. The molecule has 1 fully saturated rings. The molecule has 104 valence electrons. The quantitative estimate of drug-likeness (QED) is 0.810. The summed E-state index contributed by atoms with van der Waals surface area (Å²) in [6.07, 6.45) is 1.48. The molecule has 0 radical (unpaired) electrons. The molecule has 0 unspecified atom stereocenters. The third-order valence-corrected chi connectivity index (χ3v) is 3.26. The molecule has 0 saturated carbocycles. The van der Waals surface area contributed by atoms with Crippen molar-refractivity contribution in [3.8, 4) is 0 Å². The van der Waals surface area contributed by atoms with E-state index in [2.05, 4.69) is 9.97 Å². The maximum atomic E-state index is 11.2. The van der Waals surface area contributed by atoms with Crippen molar-refractivity contribution in [2.75, 3.05) is 38.7 Å². The van der Waals surface area contributed by atoms with Gasteiger partial charge in [0.15, 0.2) is 0 Å². The molecule has 1 atom stereocenters. The summed E-state index contributed by atoms with van der Waals surface area (Å²) in [7, 11) is 3.44. The van der Waals surface area contributed by atoms with E-state index in [4.69, 9.17) is 4.74 Å². The number of hydrogen-bond acceptors (Lipinski definition) is 6. The third kappa shape index (κ3) is 3.18. The van der Waals surface area contributed by atoms with E-state index in [1.807, 2.05) is 22.9 Å². The molecule has 0 aliphatic carbocycles. The van der Waals surface area contributed by atoms with Crippen molar-refractivity contribution >= 4 is 11.8 Å². The first-order chi connectivity index (χ1) is 9.11. The third-order valence-electron chi connectivity index (χ3n) is 3.26. The Bertz CT molecular complexity index is 454. The molecule has 1 saturated heterocycles. The van der Waals surface area contributed by atoms with Crippen LogP contribution in [0.25, 0.3) is 0 Å². The lowest BCUT2D eigenvalue weighted by Crippen LogP contribution is -2.55. The van der Waals surface area contributed by atoms with Crippen LogP contribution in [0.2, 0.25) is 0 Å². The van der Waals surface area contributed by atoms with Crippen LogP contribution in [0.5, 0.6) is 0 Å². The lowest BCUT2D eigenvalue weighted by atomic mass is 10.2. The molecule has 1 aliphatic heterocycles. The van der Waals surface area contributed by atoms with Gasteiger partial charge in [-0.15, -0.1) is 0 Å². The van der Waals surface area contributed by atoms with Crippen LogP contribution in [0.15, 0.2) is 12.4 Å². The number of aliphatic carboxylic acids is 1. The average Bonchev–Trinajstić information content (AvgIpc) is 2.39. The SMILES string of the molecule is COCc1cc(N2CCN(C)[C@H](C(=O)O)C2)ncn1. The number of carboxylic acid groups (broad SMARTS) is 1. The number of piperazine rings is 1. The highest BCUT2D eigenvalue weighted by Gasteiger charge is 2.30. The van der Waals surface area contributed by atoms with Crippen LogP contribution < -0.4 is 4.90 Å². The van der Waals surface area contributed by atoms with Crippen molar-refractivity contribution < 1.29 is 14.6 Å². The smallest absolute Gasteiger partial charge is 0.322 e. The second kappa shape index (κ2) is 5.94. The topological polar surface area (TPSA) is 78.8 Å². The standard InChI is InChI=1S/C12H18N4O3/c1-15-3-4-16(6-10(15)12(17)18)11-5-9(7-19-2)13-8-14-11/h5,8,10H,3-4,6-7H2,1-2H3,(H,17,18)/t10-/m0/s1. The van der Waals surface area contributed by atoms with Gasteiger partial charge in [-0.3, -0.25) is 9.69 Å². The van der Waals surface area contributed by atoms with Gasteiger partial charge in [-0.05, 0) is 7.05 Å². The molecule has 2 rings (SSSR count). The summed E-state index contributed by atoms with van der Waals surface area (Å²) >= 11 is 0. The van der Waals surface area contributed by atoms with Crippen LogP contribution in [-0.4, -0.2) is 65.8 Å². The van der Waals surface area contributed by atoms with E-state index in [0.29, 0.717) is 19.7 Å². The Morgan fingerprint density at radius 2 is 2.32 bits per heavy atom. The number of likely N-dealkylation sites (N-methyl/N-ethyl adjacent to an activating group) is 1. The highest BCUT2D eigenvalue weighted by Crippen LogP contribution is 2.16. The minimum absolute atomic E-state index is 0.422. The molecule has 0 aromatic carbocycles. The molecule has 7 heteroatoms. The van der Waals surface area contributed by atoms with Gasteiger partial charge in [0.25, 0.3) is 0 Å². The van der Waals surface area contributed by atoms with Gasteiger partial charge in [0, 0.05) is 32.8 Å². The van der Waals surface area contributed by atoms with E-state index in [9.17, 15) is 9.90 Å².